The second kappa shape index (κ2) is 8.15. The van der Waals surface area contributed by atoms with Crippen LogP contribution < -0.4 is 11.1 Å². The van der Waals surface area contributed by atoms with Gasteiger partial charge in [-0.2, -0.15) is 0 Å². The lowest BCUT2D eigenvalue weighted by atomic mass is 9.88. The van der Waals surface area contributed by atoms with Gasteiger partial charge in [0.25, 0.3) is 11.8 Å². The molecule has 1 aliphatic carbocycles. The zero-order valence-corrected chi connectivity index (χ0v) is 19.5. The second-order valence-corrected chi connectivity index (χ2v) is 10.7. The lowest BCUT2D eigenvalue weighted by Gasteiger charge is -2.18. The Morgan fingerprint density at radius 3 is 2.72 bits per heavy atom. The number of aryl methyl sites for hydroxylation is 1. The van der Waals surface area contributed by atoms with Crippen molar-refractivity contribution in [1.82, 2.24) is 4.98 Å². The highest BCUT2D eigenvalue weighted by Gasteiger charge is 2.28. The Kier molecular flexibility index (Phi) is 5.31. The number of carbonyl (C=O) groups is 2. The summed E-state index contributed by atoms with van der Waals surface area (Å²) in [5.74, 6) is -0.180. The smallest absolute Gasteiger partial charge is 0.257 e. The number of hydrogen-bond acceptors (Lipinski definition) is 5. The first-order valence-corrected chi connectivity index (χ1v) is 12.3. The lowest BCUT2D eigenvalue weighted by molar-refractivity contribution is 0.1000. The fourth-order valence-corrected chi connectivity index (χ4v) is 6.57. The average Bonchev–Trinajstić information content (AvgIpc) is 3.35. The van der Waals surface area contributed by atoms with Gasteiger partial charge in [0.1, 0.15) is 5.00 Å². The van der Waals surface area contributed by atoms with Gasteiger partial charge >= 0.3 is 0 Å². The summed E-state index contributed by atoms with van der Waals surface area (Å²) in [6, 6.07) is 13.5. The van der Waals surface area contributed by atoms with Crippen LogP contribution in [0.15, 0.2) is 42.5 Å². The van der Waals surface area contributed by atoms with E-state index in [4.69, 9.17) is 10.7 Å². The van der Waals surface area contributed by atoms with Gasteiger partial charge in [-0.3, -0.25) is 9.59 Å². The monoisotopic (exact) mass is 461 g/mol. The van der Waals surface area contributed by atoms with E-state index in [9.17, 15) is 9.59 Å². The summed E-state index contributed by atoms with van der Waals surface area (Å²) < 4.78 is 0. The molecule has 0 spiro atoms. The summed E-state index contributed by atoms with van der Waals surface area (Å²) in [4.78, 5) is 33.9. The van der Waals surface area contributed by atoms with Gasteiger partial charge in [0.15, 0.2) is 0 Å². The highest BCUT2D eigenvalue weighted by molar-refractivity contribution is 7.17. The molecule has 0 bridgehead atoms. The van der Waals surface area contributed by atoms with Crippen molar-refractivity contribution >= 4 is 50.4 Å². The minimum absolute atomic E-state index is 0.257. The number of amides is 2. The fraction of sp³-hybridized carbons (Fsp3) is 0.240. The van der Waals surface area contributed by atoms with Crippen molar-refractivity contribution in [3.8, 4) is 10.6 Å². The van der Waals surface area contributed by atoms with E-state index in [0.29, 0.717) is 22.0 Å². The molecule has 3 heterocycles. The molecule has 4 aromatic rings. The number of pyridine rings is 1. The van der Waals surface area contributed by atoms with Gasteiger partial charge in [-0.15, -0.1) is 22.7 Å². The van der Waals surface area contributed by atoms with Gasteiger partial charge in [0, 0.05) is 15.1 Å². The maximum atomic E-state index is 13.5. The van der Waals surface area contributed by atoms with E-state index < -0.39 is 5.91 Å². The van der Waals surface area contributed by atoms with E-state index in [2.05, 4.69) is 12.2 Å². The van der Waals surface area contributed by atoms with Crippen molar-refractivity contribution in [2.45, 2.75) is 33.1 Å². The summed E-state index contributed by atoms with van der Waals surface area (Å²) >= 11 is 3.13. The van der Waals surface area contributed by atoms with Crippen LogP contribution in [-0.4, -0.2) is 16.8 Å². The minimum atomic E-state index is -0.485. The van der Waals surface area contributed by atoms with E-state index in [0.717, 1.165) is 51.2 Å². The Morgan fingerprint density at radius 1 is 1.16 bits per heavy atom. The zero-order valence-electron chi connectivity index (χ0n) is 17.9. The average molecular weight is 462 g/mol. The van der Waals surface area contributed by atoms with Crippen molar-refractivity contribution < 1.29 is 9.59 Å². The zero-order chi connectivity index (χ0) is 22.4. The maximum absolute atomic E-state index is 13.5. The standard InChI is InChI=1S/C25H23N3O2S2/c1-13-7-9-16-21(11-13)32-25(22(16)23(26)29)28-24(30)17-12-19(20-10-8-14(2)31-20)27-18-6-4-3-5-15(17)18/h3-6,8,10,12-13H,7,9,11H2,1-2H3,(H2,26,29)(H,28,30)/t13-/m0/s1. The topological polar surface area (TPSA) is 85.1 Å². The van der Waals surface area contributed by atoms with Crippen LogP contribution in [0, 0.1) is 12.8 Å². The van der Waals surface area contributed by atoms with Gasteiger partial charge in [-0.25, -0.2) is 4.98 Å². The van der Waals surface area contributed by atoms with Crippen LogP contribution in [0.3, 0.4) is 0 Å². The second-order valence-electron chi connectivity index (χ2n) is 8.36. The number of rotatable bonds is 4. The predicted molar refractivity (Wildman–Crippen MR) is 132 cm³/mol. The van der Waals surface area contributed by atoms with Crippen molar-refractivity contribution in [2.24, 2.45) is 11.7 Å². The van der Waals surface area contributed by atoms with Crippen LogP contribution in [0.4, 0.5) is 5.00 Å². The highest BCUT2D eigenvalue weighted by atomic mass is 32.1. The molecular weight excluding hydrogens is 438 g/mol. The number of carbonyl (C=O) groups excluding carboxylic acids is 2. The van der Waals surface area contributed by atoms with E-state index in [1.165, 1.54) is 16.2 Å². The molecule has 0 saturated heterocycles. The number of hydrogen-bond donors (Lipinski definition) is 2. The molecular formula is C25H23N3O2S2. The molecule has 32 heavy (non-hydrogen) atoms. The predicted octanol–water partition coefficient (Wildman–Crippen LogP) is 5.81. The fourth-order valence-electron chi connectivity index (χ4n) is 4.33. The van der Waals surface area contributed by atoms with Crippen LogP contribution in [0.25, 0.3) is 21.5 Å². The number of anilines is 1. The van der Waals surface area contributed by atoms with Crippen LogP contribution in [0.1, 0.15) is 49.4 Å². The molecule has 0 saturated carbocycles. The summed E-state index contributed by atoms with van der Waals surface area (Å²) in [7, 11) is 0. The Hall–Kier alpha value is -3.03. The van der Waals surface area contributed by atoms with Crippen molar-refractivity contribution in [1.29, 1.82) is 0 Å². The Bertz CT molecular complexity index is 1370. The molecule has 3 aromatic heterocycles. The molecule has 3 N–H and O–H groups in total. The first-order valence-electron chi connectivity index (χ1n) is 10.6. The van der Waals surface area contributed by atoms with E-state index >= 15 is 0 Å². The molecule has 5 nitrogen and oxygen atoms in total. The summed E-state index contributed by atoms with van der Waals surface area (Å²) in [6.07, 6.45) is 2.76. The molecule has 1 aliphatic rings. The summed E-state index contributed by atoms with van der Waals surface area (Å²) in [5, 5.41) is 4.34. The number of benzene rings is 1. The number of nitrogens with zero attached hydrogens (tertiary/aromatic N) is 1. The highest BCUT2D eigenvalue weighted by Crippen LogP contribution is 2.40. The molecule has 0 unspecified atom stereocenters. The molecule has 0 radical (unpaired) electrons. The molecule has 7 heteroatoms. The van der Waals surface area contributed by atoms with E-state index in [1.54, 1.807) is 11.3 Å². The third kappa shape index (κ3) is 3.72. The molecule has 2 amide bonds. The quantitative estimate of drug-likeness (QED) is 0.402. The van der Waals surface area contributed by atoms with Gasteiger partial charge in [0.05, 0.1) is 27.2 Å². The third-order valence-corrected chi connectivity index (χ3v) is 8.13. The van der Waals surface area contributed by atoms with Crippen LogP contribution in [0.5, 0.6) is 0 Å². The molecule has 162 valence electrons. The van der Waals surface area contributed by atoms with Crippen molar-refractivity contribution in [3.05, 3.63) is 68.9 Å². The van der Waals surface area contributed by atoms with E-state index in [-0.39, 0.29) is 5.91 Å². The molecule has 0 aliphatic heterocycles. The van der Waals surface area contributed by atoms with Crippen LogP contribution in [0.2, 0.25) is 0 Å². The number of nitrogens with two attached hydrogens (primary N) is 1. The minimum Gasteiger partial charge on any atom is -0.365 e. The maximum Gasteiger partial charge on any atom is 0.257 e. The number of para-hydroxylation sites is 1. The number of nitrogens with one attached hydrogen (secondary N) is 1. The molecule has 1 atom stereocenters. The number of thiophene rings is 2. The SMILES string of the molecule is Cc1ccc(-c2cc(C(=O)Nc3sc4c(c3C(N)=O)CC[C@H](C)C4)c3ccccc3n2)s1. The first kappa shape index (κ1) is 20.8. The van der Waals surface area contributed by atoms with Crippen molar-refractivity contribution in [2.75, 3.05) is 5.32 Å². The molecule has 5 rings (SSSR count). The number of fused-ring (bicyclic) bond motifs is 2. The number of aromatic nitrogens is 1. The Morgan fingerprint density at radius 2 is 1.97 bits per heavy atom. The van der Waals surface area contributed by atoms with Crippen molar-refractivity contribution in [3.63, 3.8) is 0 Å². The van der Waals surface area contributed by atoms with Gasteiger partial charge in [-0.05, 0) is 61.9 Å². The Labute approximate surface area is 194 Å². The first-order chi connectivity index (χ1) is 15.4. The summed E-state index contributed by atoms with van der Waals surface area (Å²) in [5.41, 5.74) is 9.27. The Balaban J connectivity index is 1.58. The van der Waals surface area contributed by atoms with Crippen LogP contribution in [-0.2, 0) is 12.8 Å². The summed E-state index contributed by atoms with van der Waals surface area (Å²) in [6.45, 7) is 4.26. The van der Waals surface area contributed by atoms with Gasteiger partial charge < -0.3 is 11.1 Å². The van der Waals surface area contributed by atoms with E-state index in [1.807, 2.05) is 49.4 Å². The largest absolute Gasteiger partial charge is 0.365 e. The van der Waals surface area contributed by atoms with Gasteiger partial charge in [-0.1, -0.05) is 25.1 Å². The number of primary amides is 1. The third-order valence-electron chi connectivity index (χ3n) is 5.94. The molecule has 1 aromatic carbocycles. The van der Waals surface area contributed by atoms with Gasteiger partial charge in [0.2, 0.25) is 0 Å². The normalized spacial score (nSPS) is 15.5. The van der Waals surface area contributed by atoms with Crippen LogP contribution >= 0.6 is 22.7 Å². The molecule has 0 fully saturated rings. The lowest BCUT2D eigenvalue weighted by Crippen LogP contribution is -2.19.